The van der Waals surface area contributed by atoms with Gasteiger partial charge >= 0.3 is 6.03 Å². The maximum atomic E-state index is 12.1. The molecule has 4 saturated carbocycles. The lowest BCUT2D eigenvalue weighted by Gasteiger charge is -2.55. The standard InChI is InChI=1S/C18H26N4O2S/c23-16(19-9-11-1-2-24-10-11)20-17-22-21-15(25-17)18-6-12-3-13(7-18)5-14(4-12)8-18/h11-14H,1-10H2,(H2,19,20,22,23)/t11-,12?,13?,14?,18?/m0/s1. The number of carbonyl (C=O) groups is 1. The number of urea groups is 1. The van der Waals surface area contributed by atoms with Gasteiger partial charge < -0.3 is 10.1 Å². The molecule has 1 saturated heterocycles. The maximum absolute atomic E-state index is 12.1. The van der Waals surface area contributed by atoms with Crippen molar-refractivity contribution >= 4 is 22.5 Å². The summed E-state index contributed by atoms with van der Waals surface area (Å²) in [7, 11) is 0. The number of aromatic nitrogens is 2. The van der Waals surface area contributed by atoms with E-state index in [1.165, 1.54) is 38.5 Å². The van der Waals surface area contributed by atoms with Crippen LogP contribution in [0.4, 0.5) is 9.93 Å². The summed E-state index contributed by atoms with van der Waals surface area (Å²) in [5.41, 5.74) is 0.254. The average molecular weight is 362 g/mol. The first-order chi connectivity index (χ1) is 12.2. The molecule has 0 radical (unpaired) electrons. The summed E-state index contributed by atoms with van der Waals surface area (Å²) in [5, 5.41) is 16.4. The van der Waals surface area contributed by atoms with Gasteiger partial charge in [0.05, 0.1) is 6.61 Å². The van der Waals surface area contributed by atoms with Crippen molar-refractivity contribution in [1.29, 1.82) is 0 Å². The molecule has 25 heavy (non-hydrogen) atoms. The summed E-state index contributed by atoms with van der Waals surface area (Å²) < 4.78 is 5.34. The number of rotatable bonds is 4. The van der Waals surface area contributed by atoms with Gasteiger partial charge in [-0.25, -0.2) is 4.79 Å². The van der Waals surface area contributed by atoms with Crippen molar-refractivity contribution in [3.63, 3.8) is 0 Å². The van der Waals surface area contributed by atoms with Crippen molar-refractivity contribution in [2.45, 2.75) is 50.4 Å². The van der Waals surface area contributed by atoms with E-state index < -0.39 is 0 Å². The highest BCUT2D eigenvalue weighted by molar-refractivity contribution is 7.15. The van der Waals surface area contributed by atoms with E-state index in [-0.39, 0.29) is 11.4 Å². The van der Waals surface area contributed by atoms with E-state index in [2.05, 4.69) is 20.8 Å². The van der Waals surface area contributed by atoms with Crippen LogP contribution in [0.5, 0.6) is 0 Å². The zero-order chi connectivity index (χ0) is 16.9. The number of hydrogen-bond donors (Lipinski definition) is 2. The first-order valence-electron chi connectivity index (χ1n) is 9.65. The van der Waals surface area contributed by atoms with E-state index in [0.717, 1.165) is 42.4 Å². The summed E-state index contributed by atoms with van der Waals surface area (Å²) in [6.45, 7) is 2.21. The molecule has 0 aromatic carbocycles. The van der Waals surface area contributed by atoms with Crippen molar-refractivity contribution < 1.29 is 9.53 Å². The minimum atomic E-state index is -0.180. The highest BCUT2D eigenvalue weighted by Gasteiger charge is 2.53. The van der Waals surface area contributed by atoms with Gasteiger partial charge in [0, 0.05) is 24.5 Å². The summed E-state index contributed by atoms with van der Waals surface area (Å²) in [6.07, 6.45) is 9.14. The summed E-state index contributed by atoms with van der Waals surface area (Å²) in [6, 6.07) is -0.180. The van der Waals surface area contributed by atoms with Crippen LogP contribution in [-0.2, 0) is 10.2 Å². The second-order valence-electron chi connectivity index (χ2n) is 8.67. The Bertz CT molecular complexity index is 620. The third-order valence-corrected chi connectivity index (χ3v) is 7.80. The molecule has 2 amide bonds. The fraction of sp³-hybridized carbons (Fsp3) is 0.833. The molecule has 7 heteroatoms. The van der Waals surface area contributed by atoms with Crippen molar-refractivity contribution in [1.82, 2.24) is 15.5 Å². The predicted octanol–water partition coefficient (Wildman–Crippen LogP) is 3.16. The second-order valence-corrected chi connectivity index (χ2v) is 9.65. The van der Waals surface area contributed by atoms with Crippen LogP contribution >= 0.6 is 11.3 Å². The van der Waals surface area contributed by atoms with Gasteiger partial charge in [-0.05, 0) is 62.7 Å². The van der Waals surface area contributed by atoms with Gasteiger partial charge in [0.15, 0.2) is 0 Å². The summed E-state index contributed by atoms with van der Waals surface area (Å²) in [5.74, 6) is 3.11. The lowest BCUT2D eigenvalue weighted by atomic mass is 9.50. The van der Waals surface area contributed by atoms with E-state index in [1.807, 2.05) is 0 Å². The maximum Gasteiger partial charge on any atom is 0.321 e. The first-order valence-corrected chi connectivity index (χ1v) is 10.5. The zero-order valence-corrected chi connectivity index (χ0v) is 15.3. The summed E-state index contributed by atoms with van der Waals surface area (Å²) >= 11 is 1.59. The van der Waals surface area contributed by atoms with Gasteiger partial charge in [0.25, 0.3) is 0 Å². The van der Waals surface area contributed by atoms with Crippen LogP contribution in [0.3, 0.4) is 0 Å². The Kier molecular flexibility index (Phi) is 3.97. The Labute approximate surface area is 152 Å². The molecule has 4 bridgehead atoms. The number of amides is 2. The number of nitrogens with one attached hydrogen (secondary N) is 2. The molecule has 6 rings (SSSR count). The SMILES string of the molecule is O=C(NC[C@@H]1CCOC1)Nc1nnc(C23CC4CC(CC(C4)C2)C3)s1. The van der Waals surface area contributed by atoms with Crippen molar-refractivity contribution in [3.05, 3.63) is 5.01 Å². The molecule has 1 atom stereocenters. The Hall–Kier alpha value is -1.21. The molecule has 2 heterocycles. The number of anilines is 1. The minimum Gasteiger partial charge on any atom is -0.381 e. The molecule has 5 fully saturated rings. The van der Waals surface area contributed by atoms with Gasteiger partial charge in [-0.2, -0.15) is 0 Å². The highest BCUT2D eigenvalue weighted by atomic mass is 32.1. The van der Waals surface area contributed by atoms with Crippen molar-refractivity contribution in [2.75, 3.05) is 25.1 Å². The molecule has 2 N–H and O–H groups in total. The number of carbonyl (C=O) groups excluding carboxylic acids is 1. The zero-order valence-electron chi connectivity index (χ0n) is 14.5. The lowest BCUT2D eigenvalue weighted by Crippen LogP contribution is -2.48. The van der Waals surface area contributed by atoms with Crippen molar-refractivity contribution in [3.8, 4) is 0 Å². The minimum absolute atomic E-state index is 0.180. The Balaban J connectivity index is 1.22. The molecule has 0 unspecified atom stereocenters. The van der Waals surface area contributed by atoms with Crippen LogP contribution in [0.15, 0.2) is 0 Å². The van der Waals surface area contributed by atoms with E-state index in [1.54, 1.807) is 11.3 Å². The number of ether oxygens (including phenoxy) is 1. The van der Waals surface area contributed by atoms with E-state index in [4.69, 9.17) is 4.74 Å². The van der Waals surface area contributed by atoms with E-state index in [0.29, 0.717) is 17.6 Å². The van der Waals surface area contributed by atoms with Gasteiger partial charge in [-0.15, -0.1) is 10.2 Å². The van der Waals surface area contributed by atoms with Crippen LogP contribution in [-0.4, -0.2) is 36.0 Å². The fourth-order valence-corrected chi connectivity index (χ4v) is 6.94. The highest BCUT2D eigenvalue weighted by Crippen LogP contribution is 2.61. The largest absolute Gasteiger partial charge is 0.381 e. The molecule has 1 aliphatic heterocycles. The Morgan fingerprint density at radius 1 is 1.16 bits per heavy atom. The number of nitrogens with zero attached hydrogens (tertiary/aromatic N) is 2. The third kappa shape index (κ3) is 3.05. The van der Waals surface area contributed by atoms with E-state index >= 15 is 0 Å². The van der Waals surface area contributed by atoms with Crippen LogP contribution in [0.25, 0.3) is 0 Å². The van der Waals surface area contributed by atoms with Crippen LogP contribution < -0.4 is 10.6 Å². The molecular formula is C18H26N4O2S. The number of hydrogen-bond acceptors (Lipinski definition) is 5. The smallest absolute Gasteiger partial charge is 0.321 e. The molecule has 6 nitrogen and oxygen atoms in total. The second kappa shape index (κ2) is 6.20. The van der Waals surface area contributed by atoms with Crippen molar-refractivity contribution in [2.24, 2.45) is 23.7 Å². The van der Waals surface area contributed by atoms with Gasteiger partial charge in [0.2, 0.25) is 5.13 Å². The third-order valence-electron chi connectivity index (χ3n) is 6.71. The Morgan fingerprint density at radius 3 is 2.52 bits per heavy atom. The lowest BCUT2D eigenvalue weighted by molar-refractivity contribution is -0.00555. The molecule has 5 aliphatic rings. The average Bonchev–Trinajstić information content (AvgIpc) is 3.23. The molecule has 1 aromatic rings. The monoisotopic (exact) mass is 362 g/mol. The molecule has 1 aromatic heterocycles. The Morgan fingerprint density at radius 2 is 1.88 bits per heavy atom. The summed E-state index contributed by atoms with van der Waals surface area (Å²) in [4.78, 5) is 12.1. The van der Waals surface area contributed by atoms with Gasteiger partial charge in [-0.3, -0.25) is 5.32 Å². The predicted molar refractivity (Wildman–Crippen MR) is 95.7 cm³/mol. The van der Waals surface area contributed by atoms with Crippen LogP contribution in [0.2, 0.25) is 0 Å². The first kappa shape index (κ1) is 16.0. The topological polar surface area (TPSA) is 76.1 Å². The quantitative estimate of drug-likeness (QED) is 0.863. The van der Waals surface area contributed by atoms with Crippen LogP contribution in [0, 0.1) is 23.7 Å². The molecular weight excluding hydrogens is 336 g/mol. The molecule has 0 spiro atoms. The molecule has 4 aliphatic carbocycles. The van der Waals surface area contributed by atoms with Crippen LogP contribution in [0.1, 0.15) is 50.0 Å². The normalized spacial score (nSPS) is 38.9. The fourth-order valence-electron chi connectivity index (χ4n) is 5.98. The van der Waals surface area contributed by atoms with Gasteiger partial charge in [0.1, 0.15) is 5.01 Å². The van der Waals surface area contributed by atoms with E-state index in [9.17, 15) is 4.79 Å². The molecule has 136 valence electrons. The van der Waals surface area contributed by atoms with Gasteiger partial charge in [-0.1, -0.05) is 11.3 Å².